The third kappa shape index (κ3) is 6.30. The van der Waals surface area contributed by atoms with Gasteiger partial charge in [0.2, 0.25) is 15.9 Å². The smallest absolute Gasteiger partial charge is 0.243 e. The average molecular weight is 459 g/mol. The molecule has 0 spiro atoms. The number of sulfonamides is 1. The van der Waals surface area contributed by atoms with Gasteiger partial charge in [-0.15, -0.1) is 0 Å². The Balaban J connectivity index is 1.77. The average Bonchev–Trinajstić information content (AvgIpc) is 2.79. The van der Waals surface area contributed by atoms with Gasteiger partial charge in [-0.25, -0.2) is 8.42 Å². The van der Waals surface area contributed by atoms with Crippen LogP contribution in [0.15, 0.2) is 83.8 Å². The quantitative estimate of drug-likeness (QED) is 0.528. The lowest BCUT2D eigenvalue weighted by atomic mass is 10.2. The Bertz CT molecular complexity index is 1100. The third-order valence-electron chi connectivity index (χ3n) is 4.62. The van der Waals surface area contributed by atoms with Crippen molar-refractivity contribution in [3.8, 4) is 5.75 Å². The first-order valence-electron chi connectivity index (χ1n) is 9.58. The van der Waals surface area contributed by atoms with E-state index in [0.29, 0.717) is 10.8 Å². The molecule has 0 saturated carbocycles. The van der Waals surface area contributed by atoms with Crippen molar-refractivity contribution in [1.29, 1.82) is 0 Å². The van der Waals surface area contributed by atoms with Gasteiger partial charge in [0.25, 0.3) is 0 Å². The zero-order valence-corrected chi connectivity index (χ0v) is 18.6. The minimum absolute atomic E-state index is 0.0512. The first kappa shape index (κ1) is 22.8. The molecule has 162 valence electrons. The summed E-state index contributed by atoms with van der Waals surface area (Å²) in [5.74, 6) is 0.268. The number of nitrogens with zero attached hydrogens (tertiary/aromatic N) is 1. The van der Waals surface area contributed by atoms with E-state index in [0.717, 1.165) is 11.1 Å². The number of carbonyl (C=O) groups excluding carboxylic acids is 1. The number of nitrogens with one attached hydrogen (secondary N) is 1. The summed E-state index contributed by atoms with van der Waals surface area (Å²) < 4.78 is 32.7. The molecule has 0 unspecified atom stereocenters. The Hall–Kier alpha value is -2.87. The van der Waals surface area contributed by atoms with Gasteiger partial charge in [-0.05, 0) is 47.5 Å². The number of halogens is 1. The van der Waals surface area contributed by atoms with Crippen LogP contribution in [-0.4, -0.2) is 32.3 Å². The van der Waals surface area contributed by atoms with Gasteiger partial charge in [-0.3, -0.25) is 4.79 Å². The normalized spacial score (nSPS) is 11.3. The van der Waals surface area contributed by atoms with Crippen molar-refractivity contribution in [3.63, 3.8) is 0 Å². The molecule has 1 amide bonds. The van der Waals surface area contributed by atoms with Crippen LogP contribution in [0.25, 0.3) is 0 Å². The number of amides is 1. The lowest BCUT2D eigenvalue weighted by Crippen LogP contribution is -2.40. The zero-order chi connectivity index (χ0) is 22.3. The molecule has 0 aliphatic heterocycles. The predicted molar refractivity (Wildman–Crippen MR) is 120 cm³/mol. The Kier molecular flexibility index (Phi) is 7.68. The van der Waals surface area contributed by atoms with E-state index >= 15 is 0 Å². The second-order valence-corrected chi connectivity index (χ2v) is 9.21. The van der Waals surface area contributed by atoms with Crippen molar-refractivity contribution in [3.05, 3.63) is 95.0 Å². The molecule has 3 rings (SSSR count). The molecule has 0 aliphatic carbocycles. The van der Waals surface area contributed by atoms with Crippen LogP contribution < -0.4 is 10.1 Å². The van der Waals surface area contributed by atoms with Gasteiger partial charge in [0.15, 0.2) is 0 Å². The highest BCUT2D eigenvalue weighted by Crippen LogP contribution is 2.20. The molecule has 3 aromatic carbocycles. The maximum Gasteiger partial charge on any atom is 0.243 e. The van der Waals surface area contributed by atoms with Crippen LogP contribution in [0.3, 0.4) is 0 Å². The monoisotopic (exact) mass is 458 g/mol. The topological polar surface area (TPSA) is 75.7 Å². The number of benzene rings is 3. The van der Waals surface area contributed by atoms with Crippen molar-refractivity contribution < 1.29 is 17.9 Å². The van der Waals surface area contributed by atoms with Crippen LogP contribution in [0.2, 0.25) is 5.02 Å². The zero-order valence-electron chi connectivity index (χ0n) is 17.0. The summed E-state index contributed by atoms with van der Waals surface area (Å²) in [4.78, 5) is 12.7. The Labute approximate surface area is 187 Å². The summed E-state index contributed by atoms with van der Waals surface area (Å²) in [5, 5.41) is 3.37. The van der Waals surface area contributed by atoms with Crippen LogP contribution in [-0.2, 0) is 27.9 Å². The lowest BCUT2D eigenvalue weighted by Gasteiger charge is -2.22. The molecule has 0 aromatic heterocycles. The summed E-state index contributed by atoms with van der Waals surface area (Å²) in [6.07, 6.45) is 0. The summed E-state index contributed by atoms with van der Waals surface area (Å²) in [6, 6.07) is 22.2. The first-order chi connectivity index (χ1) is 14.9. The van der Waals surface area contributed by atoms with Gasteiger partial charge in [0, 0.05) is 18.1 Å². The van der Waals surface area contributed by atoms with E-state index in [1.165, 1.54) is 16.4 Å². The van der Waals surface area contributed by atoms with Crippen molar-refractivity contribution in [1.82, 2.24) is 9.62 Å². The molecular weight excluding hydrogens is 436 g/mol. The first-order valence-corrected chi connectivity index (χ1v) is 11.4. The van der Waals surface area contributed by atoms with Crippen LogP contribution in [0, 0.1) is 0 Å². The van der Waals surface area contributed by atoms with Crippen LogP contribution in [0.1, 0.15) is 11.1 Å². The highest BCUT2D eigenvalue weighted by molar-refractivity contribution is 7.89. The van der Waals surface area contributed by atoms with E-state index in [4.69, 9.17) is 16.3 Å². The molecule has 8 heteroatoms. The number of ether oxygens (including phenoxy) is 1. The van der Waals surface area contributed by atoms with Crippen LogP contribution in [0.5, 0.6) is 5.75 Å². The molecule has 0 fully saturated rings. The van der Waals surface area contributed by atoms with Gasteiger partial charge >= 0.3 is 0 Å². The Morgan fingerprint density at radius 2 is 1.55 bits per heavy atom. The van der Waals surface area contributed by atoms with E-state index in [2.05, 4.69) is 5.32 Å². The molecule has 0 bridgehead atoms. The fourth-order valence-electron chi connectivity index (χ4n) is 2.92. The number of hydrogen-bond donors (Lipinski definition) is 1. The molecule has 0 aliphatic rings. The fraction of sp³-hybridized carbons (Fsp3) is 0.174. The van der Waals surface area contributed by atoms with Crippen LogP contribution >= 0.6 is 11.6 Å². The molecule has 0 radical (unpaired) electrons. The van der Waals surface area contributed by atoms with E-state index in [1.54, 1.807) is 73.8 Å². The Morgan fingerprint density at radius 1 is 0.935 bits per heavy atom. The van der Waals surface area contributed by atoms with Gasteiger partial charge < -0.3 is 10.1 Å². The van der Waals surface area contributed by atoms with Crippen molar-refractivity contribution in [2.75, 3.05) is 13.7 Å². The number of methoxy groups -OCH3 is 1. The maximum atomic E-state index is 13.2. The molecule has 0 saturated heterocycles. The van der Waals surface area contributed by atoms with E-state index in [9.17, 15) is 13.2 Å². The summed E-state index contributed by atoms with van der Waals surface area (Å²) in [6.45, 7) is 0.0181. The molecule has 1 N–H and O–H groups in total. The van der Waals surface area contributed by atoms with E-state index < -0.39 is 15.9 Å². The third-order valence-corrected chi connectivity index (χ3v) is 6.68. The van der Waals surface area contributed by atoms with Gasteiger partial charge in [-0.1, -0.05) is 54.1 Å². The molecule has 6 nitrogen and oxygen atoms in total. The van der Waals surface area contributed by atoms with Gasteiger partial charge in [-0.2, -0.15) is 4.31 Å². The molecule has 0 heterocycles. The number of hydrogen-bond acceptors (Lipinski definition) is 4. The standard InChI is InChI=1S/C23H23ClN2O4S/c1-30-21-13-9-19(10-14-21)16-26(31(28,29)22-5-3-2-4-6-22)17-23(27)25-15-18-7-11-20(24)12-8-18/h2-14H,15-17H2,1H3,(H,25,27). The maximum absolute atomic E-state index is 13.2. The summed E-state index contributed by atoms with van der Waals surface area (Å²) in [7, 11) is -2.31. The molecule has 0 atom stereocenters. The Morgan fingerprint density at radius 3 is 2.16 bits per heavy atom. The van der Waals surface area contributed by atoms with Crippen molar-refractivity contribution in [2.45, 2.75) is 18.0 Å². The molecule has 3 aromatic rings. The second-order valence-electron chi connectivity index (χ2n) is 6.84. The predicted octanol–water partition coefficient (Wildman–Crippen LogP) is 3.86. The largest absolute Gasteiger partial charge is 0.497 e. The van der Waals surface area contributed by atoms with Crippen LogP contribution in [0.4, 0.5) is 0 Å². The second kappa shape index (κ2) is 10.4. The van der Waals surface area contributed by atoms with Gasteiger partial charge in [0.05, 0.1) is 18.6 Å². The molecule has 31 heavy (non-hydrogen) atoms. The van der Waals surface area contributed by atoms with Gasteiger partial charge in [0.1, 0.15) is 5.75 Å². The SMILES string of the molecule is COc1ccc(CN(CC(=O)NCc2ccc(Cl)cc2)S(=O)(=O)c2ccccc2)cc1. The highest BCUT2D eigenvalue weighted by atomic mass is 35.5. The van der Waals surface area contributed by atoms with E-state index in [-0.39, 0.29) is 24.5 Å². The minimum Gasteiger partial charge on any atom is -0.497 e. The highest BCUT2D eigenvalue weighted by Gasteiger charge is 2.26. The van der Waals surface area contributed by atoms with Crippen molar-refractivity contribution >= 4 is 27.5 Å². The number of rotatable bonds is 9. The minimum atomic E-state index is -3.87. The molecular formula is C23H23ClN2O4S. The lowest BCUT2D eigenvalue weighted by molar-refractivity contribution is -0.121. The van der Waals surface area contributed by atoms with Crippen molar-refractivity contribution in [2.24, 2.45) is 0 Å². The fourth-order valence-corrected chi connectivity index (χ4v) is 4.45. The summed E-state index contributed by atoms with van der Waals surface area (Å²) >= 11 is 5.88. The van der Waals surface area contributed by atoms with E-state index in [1.807, 2.05) is 0 Å². The summed E-state index contributed by atoms with van der Waals surface area (Å²) in [5.41, 5.74) is 1.61. The number of carbonyl (C=O) groups is 1.